The van der Waals surface area contributed by atoms with E-state index in [0.29, 0.717) is 42.2 Å². The fourth-order valence-corrected chi connectivity index (χ4v) is 11.1. The number of piperidine rings is 2. The van der Waals surface area contributed by atoms with E-state index >= 15 is 0 Å². The number of carbonyl (C=O) groups is 4. The standard InChI is InChI=1S/C50H54N6O5S/c51-48(59)45-46(35-16-18-37(19-17-35)61-36-6-2-1-3-7-36)54-56-42(22-27-52-49(45)56)34-24-29-55(30-25-34)28-23-32-12-14-33(15-13-32)26-31-62-43-11-5-10-39-38(43)8-4-9-40(47(39)58)41-20-21-44(57)53-50(41)60/h1-3,5-7,10-19,34,40-42,52H,4,8-9,20-31H2,(H2,51,59)(H,53,57,60). The normalized spacial score (nSPS) is 20.7. The molecule has 4 heterocycles. The average molecular weight is 851 g/mol. The van der Waals surface area contributed by atoms with Crippen LogP contribution in [0.4, 0.5) is 5.82 Å². The number of imide groups is 1. The number of benzene rings is 4. The van der Waals surface area contributed by atoms with E-state index in [-0.39, 0.29) is 29.6 Å². The van der Waals surface area contributed by atoms with E-state index in [4.69, 9.17) is 15.6 Å². The van der Waals surface area contributed by atoms with Crippen LogP contribution in [0.15, 0.2) is 102 Å². The van der Waals surface area contributed by atoms with Crippen LogP contribution < -0.4 is 21.1 Å². The number of ketones is 1. The predicted octanol–water partition coefficient (Wildman–Crippen LogP) is 8.28. The van der Waals surface area contributed by atoms with Gasteiger partial charge >= 0.3 is 0 Å². The van der Waals surface area contributed by atoms with Gasteiger partial charge in [-0.1, -0.05) is 54.6 Å². The lowest BCUT2D eigenvalue weighted by molar-refractivity contribution is -0.137. The van der Waals surface area contributed by atoms with Crippen LogP contribution in [0.3, 0.4) is 0 Å². The van der Waals surface area contributed by atoms with Crippen molar-refractivity contribution >= 4 is 41.1 Å². The number of Topliss-reactive ketones (excluding diaryl/α,β-unsaturated/α-hetero) is 1. The molecule has 3 atom stereocenters. The Balaban J connectivity index is 0.757. The number of ether oxygens (including phenoxy) is 1. The first kappa shape index (κ1) is 41.6. The summed E-state index contributed by atoms with van der Waals surface area (Å²) in [6.07, 6.45) is 8.13. The monoisotopic (exact) mass is 850 g/mol. The van der Waals surface area contributed by atoms with Gasteiger partial charge in [0.1, 0.15) is 28.6 Å². The molecule has 2 saturated heterocycles. The summed E-state index contributed by atoms with van der Waals surface area (Å²) in [4.78, 5) is 54.7. The Hall–Kier alpha value is -5.72. The number of thioether (sulfide) groups is 1. The zero-order valence-electron chi connectivity index (χ0n) is 35.0. The van der Waals surface area contributed by atoms with Gasteiger partial charge in [0.2, 0.25) is 11.8 Å². The number of para-hydroxylation sites is 1. The largest absolute Gasteiger partial charge is 0.457 e. The first-order valence-electron chi connectivity index (χ1n) is 22.2. The van der Waals surface area contributed by atoms with E-state index in [2.05, 4.69) is 45.9 Å². The molecule has 9 rings (SSSR count). The average Bonchev–Trinajstić information content (AvgIpc) is 3.61. The molecule has 3 aliphatic heterocycles. The fourth-order valence-electron chi connectivity index (χ4n) is 9.98. The minimum absolute atomic E-state index is 0.0484. The second-order valence-corrected chi connectivity index (χ2v) is 18.3. The maximum Gasteiger partial charge on any atom is 0.254 e. The highest BCUT2D eigenvalue weighted by atomic mass is 32.2. The number of carbonyl (C=O) groups excluding carboxylic acids is 4. The van der Waals surface area contributed by atoms with E-state index in [1.807, 2.05) is 71.4 Å². The quantitative estimate of drug-likeness (QED) is 0.0605. The van der Waals surface area contributed by atoms with E-state index < -0.39 is 11.8 Å². The minimum Gasteiger partial charge on any atom is -0.457 e. The number of hydrogen-bond donors (Lipinski definition) is 3. The molecule has 0 spiro atoms. The molecule has 4 aromatic carbocycles. The van der Waals surface area contributed by atoms with Crippen LogP contribution in [-0.2, 0) is 28.9 Å². The lowest BCUT2D eigenvalue weighted by Gasteiger charge is -2.38. The Labute approximate surface area is 367 Å². The molecular formula is C50H54N6O5S. The summed E-state index contributed by atoms with van der Waals surface area (Å²) in [6, 6.07) is 32.6. The van der Waals surface area contributed by atoms with Gasteiger partial charge in [0.25, 0.3) is 5.91 Å². The first-order chi connectivity index (χ1) is 30.3. The first-order valence-corrected chi connectivity index (χ1v) is 23.2. The number of nitrogens with zero attached hydrogens (tertiary/aromatic N) is 3. The third kappa shape index (κ3) is 9.08. The number of likely N-dealkylation sites (tertiary alicyclic amines) is 1. The van der Waals surface area contributed by atoms with Crippen LogP contribution in [0, 0.1) is 17.8 Å². The Kier molecular flexibility index (Phi) is 12.6. The molecule has 0 radical (unpaired) electrons. The molecule has 4 N–H and O–H groups in total. The number of amides is 3. The molecule has 3 amide bonds. The number of anilines is 1. The van der Waals surface area contributed by atoms with Gasteiger partial charge in [0.15, 0.2) is 5.78 Å². The zero-order valence-corrected chi connectivity index (χ0v) is 35.8. The summed E-state index contributed by atoms with van der Waals surface area (Å²) in [7, 11) is 0. The van der Waals surface area contributed by atoms with Gasteiger partial charge in [-0.3, -0.25) is 24.5 Å². The Bertz CT molecular complexity index is 2430. The van der Waals surface area contributed by atoms with Gasteiger partial charge in [0, 0.05) is 53.1 Å². The van der Waals surface area contributed by atoms with Crippen LogP contribution in [0.25, 0.3) is 11.3 Å². The van der Waals surface area contributed by atoms with Gasteiger partial charge < -0.3 is 20.7 Å². The van der Waals surface area contributed by atoms with Crippen LogP contribution in [0.2, 0.25) is 0 Å². The van der Waals surface area contributed by atoms with Crippen LogP contribution >= 0.6 is 11.8 Å². The summed E-state index contributed by atoms with van der Waals surface area (Å²) < 4.78 is 8.03. The molecule has 3 unspecified atom stereocenters. The van der Waals surface area contributed by atoms with E-state index in [9.17, 15) is 19.2 Å². The van der Waals surface area contributed by atoms with Crippen molar-refractivity contribution in [1.29, 1.82) is 0 Å². The van der Waals surface area contributed by atoms with E-state index in [1.54, 1.807) is 11.8 Å². The van der Waals surface area contributed by atoms with Crippen LogP contribution in [0.5, 0.6) is 11.5 Å². The second kappa shape index (κ2) is 18.7. The van der Waals surface area contributed by atoms with Gasteiger partial charge in [-0.2, -0.15) is 5.10 Å². The predicted molar refractivity (Wildman–Crippen MR) is 242 cm³/mol. The molecule has 2 fully saturated rings. The third-order valence-corrected chi connectivity index (χ3v) is 14.4. The van der Waals surface area contributed by atoms with Gasteiger partial charge in [-0.05, 0) is 136 Å². The number of aryl methyl sites for hydroxylation is 1. The fraction of sp³-hybridized carbons (Fsp3) is 0.380. The Morgan fingerprint density at radius 2 is 1.53 bits per heavy atom. The number of fused-ring (bicyclic) bond motifs is 2. The smallest absolute Gasteiger partial charge is 0.254 e. The number of primary amides is 1. The van der Waals surface area contributed by atoms with Crippen molar-refractivity contribution in [3.63, 3.8) is 0 Å². The van der Waals surface area contributed by atoms with Crippen LogP contribution in [-0.4, -0.2) is 70.1 Å². The maximum atomic E-state index is 13.7. The highest BCUT2D eigenvalue weighted by Gasteiger charge is 2.39. The van der Waals surface area contributed by atoms with Gasteiger partial charge in [0.05, 0.1) is 6.04 Å². The van der Waals surface area contributed by atoms with Crippen molar-refractivity contribution in [2.24, 2.45) is 23.5 Å². The number of nitrogens with one attached hydrogen (secondary N) is 2. The molecule has 1 aliphatic carbocycles. The van der Waals surface area contributed by atoms with Gasteiger partial charge in [-0.15, -0.1) is 11.8 Å². The highest BCUT2D eigenvalue weighted by molar-refractivity contribution is 7.99. The summed E-state index contributed by atoms with van der Waals surface area (Å²) in [5.74, 6) is 1.79. The molecular weight excluding hydrogens is 797 g/mol. The lowest BCUT2D eigenvalue weighted by atomic mass is 9.79. The van der Waals surface area contributed by atoms with Crippen molar-refractivity contribution in [3.8, 4) is 22.8 Å². The van der Waals surface area contributed by atoms with Crippen molar-refractivity contribution < 1.29 is 23.9 Å². The third-order valence-electron chi connectivity index (χ3n) is 13.3. The summed E-state index contributed by atoms with van der Waals surface area (Å²) in [5, 5.41) is 11.0. The van der Waals surface area contributed by atoms with E-state index in [0.717, 1.165) is 110 Å². The van der Waals surface area contributed by atoms with Gasteiger partial charge in [-0.25, -0.2) is 4.68 Å². The molecule has 1 aromatic heterocycles. The molecule has 11 nitrogen and oxygen atoms in total. The number of rotatable bonds is 13. The van der Waals surface area contributed by atoms with E-state index in [1.165, 1.54) is 11.1 Å². The number of nitrogens with two attached hydrogens (primary N) is 1. The summed E-state index contributed by atoms with van der Waals surface area (Å²) in [5.41, 5.74) is 12.4. The Morgan fingerprint density at radius 3 is 2.27 bits per heavy atom. The molecule has 4 aliphatic rings. The SMILES string of the molecule is NC(=O)c1c(-c2ccc(Oc3ccccc3)cc2)nn2c1NCCC2C1CCN(CCc2ccc(CCSc3cccc4c3CCCC(C3CCC(=O)NC3=O)C4=O)cc2)CC1. The topological polar surface area (TPSA) is 149 Å². The molecule has 62 heavy (non-hydrogen) atoms. The van der Waals surface area contributed by atoms with Crippen molar-refractivity contribution in [1.82, 2.24) is 20.0 Å². The number of aromatic nitrogens is 2. The molecule has 0 bridgehead atoms. The molecule has 5 aromatic rings. The Morgan fingerprint density at radius 1 is 0.790 bits per heavy atom. The zero-order chi connectivity index (χ0) is 42.6. The second-order valence-electron chi connectivity index (χ2n) is 17.2. The summed E-state index contributed by atoms with van der Waals surface area (Å²) >= 11 is 1.80. The van der Waals surface area contributed by atoms with Crippen molar-refractivity contribution in [2.45, 2.75) is 75.1 Å². The molecule has 320 valence electrons. The molecule has 0 saturated carbocycles. The maximum absolute atomic E-state index is 13.7. The molecule has 12 heteroatoms. The van der Waals surface area contributed by atoms with Crippen molar-refractivity contribution in [3.05, 3.63) is 125 Å². The number of hydrogen-bond acceptors (Lipinski definition) is 9. The van der Waals surface area contributed by atoms with Crippen LogP contribution in [0.1, 0.15) is 88.4 Å². The highest BCUT2D eigenvalue weighted by Crippen LogP contribution is 2.41. The van der Waals surface area contributed by atoms with Crippen molar-refractivity contribution in [2.75, 3.05) is 37.2 Å². The lowest BCUT2D eigenvalue weighted by Crippen LogP contribution is -2.45. The minimum atomic E-state index is -0.482. The summed E-state index contributed by atoms with van der Waals surface area (Å²) in [6.45, 7) is 3.86.